The molecule has 1 aromatic heterocycles. The number of nitrogens with two attached hydrogens (primary N) is 1. The quantitative estimate of drug-likeness (QED) is 0.613. The number of nitrogens with one attached hydrogen (secondary N) is 2. The van der Waals surface area contributed by atoms with Crippen molar-refractivity contribution in [2.24, 2.45) is 5.73 Å². The average Bonchev–Trinajstić information content (AvgIpc) is 2.47. The molecule has 12 heavy (non-hydrogen) atoms. The molecule has 1 unspecified atom stereocenters. The van der Waals surface area contributed by atoms with Gasteiger partial charge in [0.1, 0.15) is 5.82 Å². The number of H-pyrrole nitrogens is 2. The van der Waals surface area contributed by atoms with E-state index in [9.17, 15) is 4.79 Å². The van der Waals surface area contributed by atoms with Crippen LogP contribution in [0.2, 0.25) is 0 Å². The van der Waals surface area contributed by atoms with E-state index in [2.05, 4.69) is 15.2 Å². The van der Waals surface area contributed by atoms with Crippen molar-refractivity contribution >= 4 is 11.8 Å². The predicted molar refractivity (Wildman–Crippen MR) is 49.1 cm³/mol. The molecule has 5 nitrogen and oxygen atoms in total. The molecule has 68 valence electrons. The van der Waals surface area contributed by atoms with Gasteiger partial charge in [0.25, 0.3) is 0 Å². The van der Waals surface area contributed by atoms with Gasteiger partial charge in [0.2, 0.25) is 0 Å². The molecule has 1 atom stereocenters. The van der Waals surface area contributed by atoms with Crippen LogP contribution in [0.3, 0.4) is 0 Å². The summed E-state index contributed by atoms with van der Waals surface area (Å²) in [5.41, 5.74) is 5.43. The molecule has 0 aliphatic rings. The van der Waals surface area contributed by atoms with Gasteiger partial charge in [-0.1, -0.05) is 0 Å². The molecular formula is C6H12N4OS. The van der Waals surface area contributed by atoms with Gasteiger partial charge in [-0.25, -0.2) is 9.89 Å². The highest BCUT2D eigenvalue weighted by Gasteiger charge is 2.08. The molecule has 1 rings (SSSR count). The molecule has 0 aromatic carbocycles. The van der Waals surface area contributed by atoms with E-state index in [0.29, 0.717) is 5.82 Å². The molecule has 0 saturated heterocycles. The van der Waals surface area contributed by atoms with Crippen molar-refractivity contribution in [2.75, 3.05) is 12.0 Å². The Morgan fingerprint density at radius 1 is 1.75 bits per heavy atom. The summed E-state index contributed by atoms with van der Waals surface area (Å²) < 4.78 is 0. The lowest BCUT2D eigenvalue weighted by Crippen LogP contribution is -2.14. The minimum atomic E-state index is -0.301. The molecule has 0 amide bonds. The molecule has 0 aliphatic heterocycles. The first-order chi connectivity index (χ1) is 5.74. The minimum Gasteiger partial charge on any atom is -0.321 e. The van der Waals surface area contributed by atoms with E-state index in [4.69, 9.17) is 5.73 Å². The first kappa shape index (κ1) is 9.34. The number of hydrogen-bond acceptors (Lipinski definition) is 4. The fourth-order valence-corrected chi connectivity index (χ4v) is 1.33. The van der Waals surface area contributed by atoms with Gasteiger partial charge >= 0.3 is 5.69 Å². The highest BCUT2D eigenvalue weighted by Crippen LogP contribution is 2.09. The van der Waals surface area contributed by atoms with Gasteiger partial charge in [-0.2, -0.15) is 16.9 Å². The van der Waals surface area contributed by atoms with E-state index >= 15 is 0 Å². The summed E-state index contributed by atoms with van der Waals surface area (Å²) in [7, 11) is 0. The summed E-state index contributed by atoms with van der Waals surface area (Å²) in [6, 6.07) is -0.170. The Morgan fingerprint density at radius 3 is 3.00 bits per heavy atom. The van der Waals surface area contributed by atoms with Gasteiger partial charge < -0.3 is 5.73 Å². The normalized spacial score (nSPS) is 13.2. The molecule has 0 radical (unpaired) electrons. The Kier molecular flexibility index (Phi) is 3.36. The maximum Gasteiger partial charge on any atom is 0.340 e. The number of aromatic amines is 2. The Hall–Kier alpha value is -0.750. The molecular weight excluding hydrogens is 176 g/mol. The monoisotopic (exact) mass is 188 g/mol. The maximum atomic E-state index is 10.6. The molecule has 1 heterocycles. The predicted octanol–water partition coefficient (Wildman–Crippen LogP) is -0.149. The standard InChI is InChI=1S/C6H12N4OS/c1-12-3-2-4(7)5-8-6(11)10-9-5/h4H,2-3,7H2,1H3,(H2,8,9,10,11). The summed E-state index contributed by atoms with van der Waals surface area (Å²) in [6.45, 7) is 0. The lowest BCUT2D eigenvalue weighted by atomic mass is 10.2. The zero-order chi connectivity index (χ0) is 8.97. The van der Waals surface area contributed by atoms with Crippen LogP contribution in [0.5, 0.6) is 0 Å². The van der Waals surface area contributed by atoms with E-state index in [1.165, 1.54) is 0 Å². The molecule has 0 bridgehead atoms. The average molecular weight is 188 g/mol. The third-order valence-electron chi connectivity index (χ3n) is 1.50. The first-order valence-electron chi connectivity index (χ1n) is 3.63. The number of thioether (sulfide) groups is 1. The van der Waals surface area contributed by atoms with Gasteiger partial charge in [-0.15, -0.1) is 0 Å². The number of rotatable bonds is 4. The highest BCUT2D eigenvalue weighted by molar-refractivity contribution is 7.98. The van der Waals surface area contributed by atoms with E-state index in [1.807, 2.05) is 6.26 Å². The Morgan fingerprint density at radius 2 is 2.50 bits per heavy atom. The third kappa shape index (κ3) is 2.38. The SMILES string of the molecule is CSCCC(N)c1n[nH]c(=O)[nH]1. The van der Waals surface area contributed by atoms with Crippen LogP contribution in [-0.4, -0.2) is 27.2 Å². The van der Waals surface area contributed by atoms with Gasteiger partial charge in [-0.05, 0) is 18.4 Å². The zero-order valence-corrected chi connectivity index (χ0v) is 7.65. The lowest BCUT2D eigenvalue weighted by molar-refractivity contribution is 0.657. The van der Waals surface area contributed by atoms with Crippen LogP contribution in [0.4, 0.5) is 0 Å². The summed E-state index contributed by atoms with van der Waals surface area (Å²) in [4.78, 5) is 13.2. The van der Waals surface area contributed by atoms with Gasteiger partial charge in [-0.3, -0.25) is 4.98 Å². The molecule has 4 N–H and O–H groups in total. The second kappa shape index (κ2) is 4.32. The fourth-order valence-electron chi connectivity index (χ4n) is 0.840. The lowest BCUT2D eigenvalue weighted by Gasteiger charge is -2.04. The van der Waals surface area contributed by atoms with Crippen molar-refractivity contribution < 1.29 is 0 Å². The second-order valence-electron chi connectivity index (χ2n) is 2.45. The maximum absolute atomic E-state index is 10.6. The first-order valence-corrected chi connectivity index (χ1v) is 5.02. The summed E-state index contributed by atoms with van der Waals surface area (Å²) in [5.74, 6) is 1.50. The third-order valence-corrected chi connectivity index (χ3v) is 2.15. The molecule has 0 saturated carbocycles. The molecule has 6 heteroatoms. The highest BCUT2D eigenvalue weighted by atomic mass is 32.2. The van der Waals surface area contributed by atoms with Crippen molar-refractivity contribution in [3.8, 4) is 0 Å². The molecule has 1 aromatic rings. The number of aromatic nitrogens is 3. The largest absolute Gasteiger partial charge is 0.340 e. The Balaban J connectivity index is 2.53. The van der Waals surface area contributed by atoms with Crippen LogP contribution in [-0.2, 0) is 0 Å². The van der Waals surface area contributed by atoms with Crippen LogP contribution in [0.1, 0.15) is 18.3 Å². The van der Waals surface area contributed by atoms with Crippen molar-refractivity contribution in [2.45, 2.75) is 12.5 Å². The van der Waals surface area contributed by atoms with Crippen LogP contribution in [0, 0.1) is 0 Å². The van der Waals surface area contributed by atoms with E-state index < -0.39 is 0 Å². The van der Waals surface area contributed by atoms with E-state index in [1.54, 1.807) is 11.8 Å². The van der Waals surface area contributed by atoms with Gasteiger partial charge in [0.15, 0.2) is 0 Å². The van der Waals surface area contributed by atoms with Crippen molar-refractivity contribution in [3.05, 3.63) is 16.3 Å². The molecule has 0 spiro atoms. The Bertz CT molecular complexity index is 281. The van der Waals surface area contributed by atoms with E-state index in [-0.39, 0.29) is 11.7 Å². The van der Waals surface area contributed by atoms with Gasteiger partial charge in [0.05, 0.1) is 6.04 Å². The van der Waals surface area contributed by atoms with E-state index in [0.717, 1.165) is 12.2 Å². The number of hydrogen-bond donors (Lipinski definition) is 3. The zero-order valence-electron chi connectivity index (χ0n) is 6.83. The second-order valence-corrected chi connectivity index (χ2v) is 3.44. The molecule has 0 aliphatic carbocycles. The molecule has 0 fully saturated rings. The van der Waals surface area contributed by atoms with Crippen molar-refractivity contribution in [1.82, 2.24) is 15.2 Å². The van der Waals surface area contributed by atoms with Crippen LogP contribution in [0.25, 0.3) is 0 Å². The van der Waals surface area contributed by atoms with Crippen molar-refractivity contribution in [3.63, 3.8) is 0 Å². The fraction of sp³-hybridized carbons (Fsp3) is 0.667. The van der Waals surface area contributed by atoms with Crippen LogP contribution in [0.15, 0.2) is 4.79 Å². The van der Waals surface area contributed by atoms with Gasteiger partial charge in [0, 0.05) is 0 Å². The Labute approximate surface area is 74.1 Å². The van der Waals surface area contributed by atoms with Crippen molar-refractivity contribution in [1.29, 1.82) is 0 Å². The topological polar surface area (TPSA) is 87.6 Å². The summed E-state index contributed by atoms with van der Waals surface area (Å²) in [6.07, 6.45) is 2.84. The van der Waals surface area contributed by atoms with Crippen LogP contribution >= 0.6 is 11.8 Å². The van der Waals surface area contributed by atoms with Crippen LogP contribution < -0.4 is 11.4 Å². The number of nitrogens with zero attached hydrogens (tertiary/aromatic N) is 1. The summed E-state index contributed by atoms with van der Waals surface area (Å²) in [5, 5.41) is 6.02. The smallest absolute Gasteiger partial charge is 0.321 e. The minimum absolute atomic E-state index is 0.170. The summed E-state index contributed by atoms with van der Waals surface area (Å²) >= 11 is 1.72.